The van der Waals surface area contributed by atoms with E-state index in [2.05, 4.69) is 15.5 Å². The van der Waals surface area contributed by atoms with Crippen LogP contribution in [0.15, 0.2) is 69.2 Å². The molecule has 0 saturated carbocycles. The molecule has 0 unspecified atom stereocenters. The zero-order valence-electron chi connectivity index (χ0n) is 17.2. The lowest BCUT2D eigenvalue weighted by Gasteiger charge is -2.27. The standard InChI is InChI=1S/C24H23N3O3/c1-15-21-19(28)13-24(2,3)14-20(21)30-22(15)23(29)25-16-9-11-18(12-10-16)27-26-17-7-5-4-6-8-17/h4-12H,13-14H2,1-3H3,(H,25,29). The molecule has 0 spiro atoms. The summed E-state index contributed by atoms with van der Waals surface area (Å²) < 4.78 is 5.82. The van der Waals surface area contributed by atoms with Gasteiger partial charge >= 0.3 is 0 Å². The number of amides is 1. The van der Waals surface area contributed by atoms with Crippen molar-refractivity contribution in [3.05, 3.63) is 77.2 Å². The average Bonchev–Trinajstić information content (AvgIpc) is 3.03. The van der Waals surface area contributed by atoms with Crippen molar-refractivity contribution in [1.82, 2.24) is 0 Å². The summed E-state index contributed by atoms with van der Waals surface area (Å²) in [5, 5.41) is 11.2. The van der Waals surface area contributed by atoms with Crippen molar-refractivity contribution in [1.29, 1.82) is 0 Å². The first kappa shape index (κ1) is 19.8. The first-order chi connectivity index (χ1) is 14.3. The fourth-order valence-corrected chi connectivity index (χ4v) is 3.71. The fourth-order valence-electron chi connectivity index (χ4n) is 3.71. The highest BCUT2D eigenvalue weighted by molar-refractivity contribution is 6.07. The molecule has 6 heteroatoms. The quantitative estimate of drug-likeness (QED) is 0.513. The molecule has 0 saturated heterocycles. The summed E-state index contributed by atoms with van der Waals surface area (Å²) in [5.41, 5.74) is 3.07. The molecule has 2 aromatic carbocycles. The highest BCUT2D eigenvalue weighted by atomic mass is 16.4. The molecule has 152 valence electrons. The lowest BCUT2D eigenvalue weighted by atomic mass is 9.76. The number of carbonyl (C=O) groups is 2. The van der Waals surface area contributed by atoms with E-state index in [-0.39, 0.29) is 22.9 Å². The Morgan fingerprint density at radius 1 is 0.967 bits per heavy atom. The Hall–Kier alpha value is -3.54. The van der Waals surface area contributed by atoms with E-state index >= 15 is 0 Å². The summed E-state index contributed by atoms with van der Waals surface area (Å²) in [7, 11) is 0. The molecule has 1 aromatic heterocycles. The van der Waals surface area contributed by atoms with E-state index in [1.54, 1.807) is 31.2 Å². The van der Waals surface area contributed by atoms with Crippen molar-refractivity contribution in [2.45, 2.75) is 33.6 Å². The maximum atomic E-state index is 12.8. The molecule has 0 bridgehead atoms. The summed E-state index contributed by atoms with van der Waals surface area (Å²) in [6.45, 7) is 5.82. The van der Waals surface area contributed by atoms with E-state index in [9.17, 15) is 9.59 Å². The number of carbonyl (C=O) groups excluding carboxylic acids is 2. The maximum absolute atomic E-state index is 12.8. The highest BCUT2D eigenvalue weighted by Crippen LogP contribution is 2.38. The number of hydrogen-bond donors (Lipinski definition) is 1. The van der Waals surface area contributed by atoms with E-state index in [1.807, 2.05) is 44.2 Å². The monoisotopic (exact) mass is 401 g/mol. The number of nitrogens with zero attached hydrogens (tertiary/aromatic N) is 2. The first-order valence-corrected chi connectivity index (χ1v) is 9.86. The van der Waals surface area contributed by atoms with Crippen LogP contribution in [0.3, 0.4) is 0 Å². The minimum atomic E-state index is -0.369. The van der Waals surface area contributed by atoms with Gasteiger partial charge in [0, 0.05) is 24.1 Å². The highest BCUT2D eigenvalue weighted by Gasteiger charge is 2.37. The van der Waals surface area contributed by atoms with Crippen molar-refractivity contribution in [3.8, 4) is 0 Å². The van der Waals surface area contributed by atoms with Gasteiger partial charge in [-0.05, 0) is 48.7 Å². The summed E-state index contributed by atoms with van der Waals surface area (Å²) >= 11 is 0. The largest absolute Gasteiger partial charge is 0.455 e. The molecule has 4 rings (SSSR count). The number of anilines is 1. The third kappa shape index (κ3) is 4.08. The Morgan fingerprint density at radius 3 is 2.27 bits per heavy atom. The zero-order valence-corrected chi connectivity index (χ0v) is 17.2. The second kappa shape index (κ2) is 7.71. The maximum Gasteiger partial charge on any atom is 0.291 e. The van der Waals surface area contributed by atoms with Crippen LogP contribution in [0.5, 0.6) is 0 Å². The van der Waals surface area contributed by atoms with Gasteiger partial charge in [-0.2, -0.15) is 10.2 Å². The van der Waals surface area contributed by atoms with Gasteiger partial charge in [0.05, 0.1) is 16.9 Å². The lowest BCUT2D eigenvalue weighted by Crippen LogP contribution is -2.26. The van der Waals surface area contributed by atoms with E-state index in [4.69, 9.17) is 4.42 Å². The first-order valence-electron chi connectivity index (χ1n) is 9.86. The number of rotatable bonds is 4. The topological polar surface area (TPSA) is 84.0 Å². The molecule has 0 atom stereocenters. The molecule has 1 aliphatic carbocycles. The molecule has 1 aliphatic rings. The SMILES string of the molecule is Cc1c(C(=O)Nc2ccc(N=Nc3ccccc3)cc2)oc2c1C(=O)CC(C)(C)C2. The van der Waals surface area contributed by atoms with Gasteiger partial charge in [0.15, 0.2) is 11.5 Å². The summed E-state index contributed by atoms with van der Waals surface area (Å²) in [6.07, 6.45) is 1.10. The molecule has 0 radical (unpaired) electrons. The van der Waals surface area contributed by atoms with Gasteiger partial charge < -0.3 is 9.73 Å². The van der Waals surface area contributed by atoms with E-state index in [1.165, 1.54) is 0 Å². The fraction of sp³-hybridized carbons (Fsp3) is 0.250. The van der Waals surface area contributed by atoms with Crippen molar-refractivity contribution in [2.75, 3.05) is 5.32 Å². The Kier molecular flexibility index (Phi) is 5.08. The van der Waals surface area contributed by atoms with Crippen molar-refractivity contribution in [2.24, 2.45) is 15.6 Å². The number of ketones is 1. The smallest absolute Gasteiger partial charge is 0.291 e. The Labute approximate surface area is 175 Å². The van der Waals surface area contributed by atoms with Gasteiger partial charge in [0.2, 0.25) is 0 Å². The molecule has 30 heavy (non-hydrogen) atoms. The minimum Gasteiger partial charge on any atom is -0.455 e. The number of furan rings is 1. The molecular weight excluding hydrogens is 378 g/mol. The van der Waals surface area contributed by atoms with Gasteiger partial charge in [-0.25, -0.2) is 0 Å². The Balaban J connectivity index is 1.48. The molecule has 1 amide bonds. The van der Waals surface area contributed by atoms with Crippen LogP contribution >= 0.6 is 0 Å². The van der Waals surface area contributed by atoms with Crippen LogP contribution in [-0.2, 0) is 6.42 Å². The van der Waals surface area contributed by atoms with E-state index in [0.29, 0.717) is 41.1 Å². The van der Waals surface area contributed by atoms with Gasteiger partial charge in [-0.1, -0.05) is 32.0 Å². The Morgan fingerprint density at radius 2 is 1.60 bits per heavy atom. The van der Waals surface area contributed by atoms with Crippen LogP contribution in [0.2, 0.25) is 0 Å². The van der Waals surface area contributed by atoms with Crippen molar-refractivity contribution >= 4 is 28.8 Å². The number of Topliss-reactive ketones (excluding diaryl/α,β-unsaturated/α-hetero) is 1. The minimum absolute atomic E-state index is 0.0367. The Bertz CT molecular complexity index is 1130. The summed E-state index contributed by atoms with van der Waals surface area (Å²) in [4.78, 5) is 25.3. The van der Waals surface area contributed by atoms with E-state index < -0.39 is 0 Å². The van der Waals surface area contributed by atoms with Crippen LogP contribution in [0.25, 0.3) is 0 Å². The predicted molar refractivity (Wildman–Crippen MR) is 115 cm³/mol. The average molecular weight is 401 g/mol. The molecule has 0 fully saturated rings. The van der Waals surface area contributed by atoms with Gasteiger partial charge in [0.25, 0.3) is 5.91 Å². The molecule has 0 aliphatic heterocycles. The zero-order chi connectivity index (χ0) is 21.3. The molecule has 6 nitrogen and oxygen atoms in total. The lowest BCUT2D eigenvalue weighted by molar-refractivity contribution is 0.0898. The third-order valence-corrected chi connectivity index (χ3v) is 5.15. The van der Waals surface area contributed by atoms with Crippen LogP contribution in [-0.4, -0.2) is 11.7 Å². The number of hydrogen-bond acceptors (Lipinski definition) is 5. The summed E-state index contributed by atoms with van der Waals surface area (Å²) in [5.74, 6) is 0.468. The van der Waals surface area contributed by atoms with Crippen LogP contribution < -0.4 is 5.32 Å². The number of benzene rings is 2. The molecule has 3 aromatic rings. The van der Waals surface area contributed by atoms with Crippen LogP contribution in [0.1, 0.15) is 52.5 Å². The van der Waals surface area contributed by atoms with Crippen molar-refractivity contribution < 1.29 is 14.0 Å². The molecule has 1 heterocycles. The third-order valence-electron chi connectivity index (χ3n) is 5.15. The number of azo groups is 1. The summed E-state index contributed by atoms with van der Waals surface area (Å²) in [6, 6.07) is 16.5. The number of fused-ring (bicyclic) bond motifs is 1. The molecular formula is C24H23N3O3. The van der Waals surface area contributed by atoms with E-state index in [0.717, 1.165) is 5.69 Å². The predicted octanol–water partition coefficient (Wildman–Crippen LogP) is 6.41. The second-order valence-corrected chi connectivity index (χ2v) is 8.33. The van der Waals surface area contributed by atoms with Crippen LogP contribution in [0, 0.1) is 12.3 Å². The van der Waals surface area contributed by atoms with Gasteiger partial charge in [-0.3, -0.25) is 9.59 Å². The molecule has 1 N–H and O–H groups in total. The van der Waals surface area contributed by atoms with Crippen molar-refractivity contribution in [3.63, 3.8) is 0 Å². The second-order valence-electron chi connectivity index (χ2n) is 8.33. The van der Waals surface area contributed by atoms with Gasteiger partial charge in [-0.15, -0.1) is 0 Å². The number of nitrogens with one attached hydrogen (secondary N) is 1. The normalized spacial score (nSPS) is 15.2. The van der Waals surface area contributed by atoms with Gasteiger partial charge in [0.1, 0.15) is 5.76 Å². The van der Waals surface area contributed by atoms with Crippen LogP contribution in [0.4, 0.5) is 17.1 Å².